The Hall–Kier alpha value is -3.82. The van der Waals surface area contributed by atoms with Crippen molar-refractivity contribution in [2.45, 2.75) is 18.9 Å². The molecule has 0 atom stereocenters. The molecule has 0 radical (unpaired) electrons. The third-order valence-electron chi connectivity index (χ3n) is 4.98. The van der Waals surface area contributed by atoms with Gasteiger partial charge >= 0.3 is 6.03 Å². The lowest BCUT2D eigenvalue weighted by molar-refractivity contribution is 0.110. The summed E-state index contributed by atoms with van der Waals surface area (Å²) in [5.74, 6) is 2.31. The summed E-state index contributed by atoms with van der Waals surface area (Å²) in [5.41, 5.74) is 0.618. The van der Waals surface area contributed by atoms with E-state index >= 15 is 0 Å². The van der Waals surface area contributed by atoms with E-state index in [0.29, 0.717) is 54.8 Å². The first-order valence-electron chi connectivity index (χ1n) is 9.94. The van der Waals surface area contributed by atoms with Gasteiger partial charge in [0.15, 0.2) is 5.82 Å². The lowest BCUT2D eigenvalue weighted by Gasteiger charge is -2.31. The number of carbonyl (C=O) groups excluding carboxylic acids is 1. The second kappa shape index (κ2) is 9.33. The van der Waals surface area contributed by atoms with Crippen LogP contribution in [0.5, 0.6) is 17.4 Å². The number of nitrogens with zero attached hydrogens (tertiary/aromatic N) is 5. The normalized spacial score (nSPS) is 14.2. The largest absolute Gasteiger partial charge is 0.497 e. The third-order valence-corrected chi connectivity index (χ3v) is 4.98. The molecule has 1 aromatic carbocycles. The van der Waals surface area contributed by atoms with Gasteiger partial charge in [0.25, 0.3) is 0 Å². The van der Waals surface area contributed by atoms with Crippen molar-refractivity contribution in [3.05, 3.63) is 48.8 Å². The summed E-state index contributed by atoms with van der Waals surface area (Å²) in [6.45, 7) is 1.16. The van der Waals surface area contributed by atoms with E-state index in [1.807, 2.05) is 6.07 Å². The second-order valence-corrected chi connectivity index (χ2v) is 7.02. The average Bonchev–Trinajstić information content (AvgIpc) is 3.34. The SMILES string of the molecule is COc1cc(NC(=O)N2CCC(Oc3ccc(-n4cccn4)nn3)CC2)cc(OC)c1. The molecule has 3 heterocycles. The Morgan fingerprint density at radius 2 is 1.81 bits per heavy atom. The minimum absolute atomic E-state index is 0.0224. The van der Waals surface area contributed by atoms with Crippen molar-refractivity contribution in [3.8, 4) is 23.2 Å². The van der Waals surface area contributed by atoms with Crippen molar-refractivity contribution in [1.29, 1.82) is 0 Å². The van der Waals surface area contributed by atoms with Crippen molar-refractivity contribution in [3.63, 3.8) is 0 Å². The van der Waals surface area contributed by atoms with Gasteiger partial charge in [-0.15, -0.1) is 10.2 Å². The van der Waals surface area contributed by atoms with Crippen LogP contribution in [0.1, 0.15) is 12.8 Å². The zero-order chi connectivity index (χ0) is 21.6. The van der Waals surface area contributed by atoms with Gasteiger partial charge in [-0.25, -0.2) is 9.48 Å². The molecule has 31 heavy (non-hydrogen) atoms. The second-order valence-electron chi connectivity index (χ2n) is 7.02. The number of rotatable bonds is 6. The van der Waals surface area contributed by atoms with Gasteiger partial charge in [-0.1, -0.05) is 0 Å². The van der Waals surface area contributed by atoms with Crippen molar-refractivity contribution in [2.24, 2.45) is 0 Å². The molecule has 1 saturated heterocycles. The predicted molar refractivity (Wildman–Crippen MR) is 113 cm³/mol. The number of carbonyl (C=O) groups is 1. The van der Waals surface area contributed by atoms with Crippen LogP contribution in [0, 0.1) is 0 Å². The fraction of sp³-hybridized carbons (Fsp3) is 0.333. The number of hydrogen-bond acceptors (Lipinski definition) is 7. The monoisotopic (exact) mass is 424 g/mol. The van der Waals surface area contributed by atoms with Gasteiger partial charge in [0.1, 0.15) is 17.6 Å². The quantitative estimate of drug-likeness (QED) is 0.649. The van der Waals surface area contributed by atoms with Gasteiger partial charge in [0, 0.05) is 68.3 Å². The van der Waals surface area contributed by atoms with E-state index in [9.17, 15) is 4.79 Å². The smallest absolute Gasteiger partial charge is 0.321 e. The highest BCUT2D eigenvalue weighted by Crippen LogP contribution is 2.26. The third kappa shape index (κ3) is 5.03. The molecule has 0 spiro atoms. The summed E-state index contributed by atoms with van der Waals surface area (Å²) in [7, 11) is 3.14. The number of urea groups is 1. The van der Waals surface area contributed by atoms with Crippen LogP contribution in [0.4, 0.5) is 10.5 Å². The van der Waals surface area contributed by atoms with Crippen molar-refractivity contribution in [1.82, 2.24) is 24.9 Å². The van der Waals surface area contributed by atoms with Gasteiger partial charge in [0.2, 0.25) is 5.88 Å². The lowest BCUT2D eigenvalue weighted by atomic mass is 10.1. The maximum atomic E-state index is 12.6. The zero-order valence-electron chi connectivity index (χ0n) is 17.4. The Labute approximate surface area is 179 Å². The molecule has 2 amide bonds. The van der Waals surface area contributed by atoms with Gasteiger partial charge < -0.3 is 24.4 Å². The molecule has 1 aliphatic heterocycles. The molecule has 162 valence electrons. The van der Waals surface area contributed by atoms with Gasteiger partial charge in [0.05, 0.1) is 14.2 Å². The Morgan fingerprint density at radius 1 is 1.06 bits per heavy atom. The number of amides is 2. The Balaban J connectivity index is 1.29. The number of methoxy groups -OCH3 is 2. The zero-order valence-corrected chi connectivity index (χ0v) is 17.4. The molecule has 0 saturated carbocycles. The van der Waals surface area contributed by atoms with Crippen LogP contribution in [-0.2, 0) is 0 Å². The molecule has 0 bridgehead atoms. The summed E-state index contributed by atoms with van der Waals surface area (Å²) >= 11 is 0. The summed E-state index contributed by atoms with van der Waals surface area (Å²) in [6, 6.07) is 10.5. The highest BCUT2D eigenvalue weighted by molar-refractivity contribution is 5.89. The molecule has 10 nitrogen and oxygen atoms in total. The van der Waals surface area contributed by atoms with Gasteiger partial charge in [-0.3, -0.25) is 0 Å². The van der Waals surface area contributed by atoms with E-state index in [1.165, 1.54) is 0 Å². The Morgan fingerprint density at radius 3 is 2.39 bits per heavy atom. The summed E-state index contributed by atoms with van der Waals surface area (Å²) in [4.78, 5) is 14.4. The number of piperidine rings is 1. The molecule has 1 N–H and O–H groups in total. The van der Waals surface area contributed by atoms with Crippen LogP contribution in [0.15, 0.2) is 48.8 Å². The molecule has 0 unspecified atom stereocenters. The van der Waals surface area contributed by atoms with Crippen LogP contribution in [0.3, 0.4) is 0 Å². The van der Waals surface area contributed by atoms with Gasteiger partial charge in [-0.05, 0) is 12.1 Å². The molecule has 1 fully saturated rings. The van der Waals surface area contributed by atoms with E-state index in [-0.39, 0.29) is 12.1 Å². The van der Waals surface area contributed by atoms with Gasteiger partial charge in [-0.2, -0.15) is 5.10 Å². The van der Waals surface area contributed by atoms with Crippen LogP contribution in [0.2, 0.25) is 0 Å². The number of nitrogens with one attached hydrogen (secondary N) is 1. The molecule has 1 aliphatic rings. The highest BCUT2D eigenvalue weighted by Gasteiger charge is 2.24. The van der Waals surface area contributed by atoms with Crippen LogP contribution in [-0.4, -0.2) is 64.3 Å². The Kier molecular flexibility index (Phi) is 6.16. The Bertz CT molecular complexity index is 979. The fourth-order valence-corrected chi connectivity index (χ4v) is 3.33. The van der Waals surface area contributed by atoms with E-state index in [1.54, 1.807) is 66.5 Å². The molecule has 2 aromatic heterocycles. The molecule has 3 aromatic rings. The average molecular weight is 424 g/mol. The molecular weight excluding hydrogens is 400 g/mol. The minimum Gasteiger partial charge on any atom is -0.497 e. The number of anilines is 1. The first-order chi connectivity index (χ1) is 15.1. The van der Waals surface area contributed by atoms with Crippen LogP contribution < -0.4 is 19.5 Å². The fourth-order valence-electron chi connectivity index (χ4n) is 3.33. The summed E-state index contributed by atoms with van der Waals surface area (Å²) in [6.07, 6.45) is 4.87. The number of ether oxygens (including phenoxy) is 3. The standard InChI is InChI=1S/C21H24N6O4/c1-29-17-12-15(13-18(14-17)30-2)23-21(28)26-10-6-16(7-11-26)31-20-5-4-19(24-25-20)27-9-3-8-22-27/h3-5,8-9,12-14,16H,6-7,10-11H2,1-2H3,(H,23,28). The molecular formula is C21H24N6O4. The van der Waals surface area contributed by atoms with Crippen LogP contribution in [0.25, 0.3) is 5.82 Å². The predicted octanol–water partition coefficient (Wildman–Crippen LogP) is 2.75. The van der Waals surface area contributed by atoms with Crippen LogP contribution >= 0.6 is 0 Å². The van der Waals surface area contributed by atoms with Crippen molar-refractivity contribution >= 4 is 11.7 Å². The van der Waals surface area contributed by atoms with E-state index in [2.05, 4.69) is 20.6 Å². The first-order valence-corrected chi connectivity index (χ1v) is 9.94. The van der Waals surface area contributed by atoms with E-state index < -0.39 is 0 Å². The summed E-state index contributed by atoms with van der Waals surface area (Å²) in [5, 5.41) is 15.3. The van der Waals surface area contributed by atoms with E-state index in [4.69, 9.17) is 14.2 Å². The number of aromatic nitrogens is 4. The first kappa shape index (κ1) is 20.5. The maximum absolute atomic E-state index is 12.6. The lowest BCUT2D eigenvalue weighted by Crippen LogP contribution is -2.43. The van der Waals surface area contributed by atoms with Crippen molar-refractivity contribution < 1.29 is 19.0 Å². The maximum Gasteiger partial charge on any atom is 0.321 e. The number of benzene rings is 1. The molecule has 10 heteroatoms. The van der Waals surface area contributed by atoms with E-state index in [0.717, 1.165) is 0 Å². The summed E-state index contributed by atoms with van der Waals surface area (Å²) < 4.78 is 18.1. The topological polar surface area (TPSA) is 104 Å². The molecule has 0 aliphatic carbocycles. The molecule has 4 rings (SSSR count). The number of hydrogen-bond donors (Lipinski definition) is 1. The minimum atomic E-state index is -0.169. The van der Waals surface area contributed by atoms with Crippen molar-refractivity contribution in [2.75, 3.05) is 32.6 Å². The highest BCUT2D eigenvalue weighted by atomic mass is 16.5. The number of likely N-dealkylation sites (tertiary alicyclic amines) is 1.